The number of ether oxygens (including phenoxy) is 1. The first kappa shape index (κ1) is 23.2. The van der Waals surface area contributed by atoms with Gasteiger partial charge in [0.05, 0.1) is 5.69 Å². The van der Waals surface area contributed by atoms with E-state index in [9.17, 15) is 17.6 Å². The fourth-order valence-electron chi connectivity index (χ4n) is 3.69. The molecule has 33 heavy (non-hydrogen) atoms. The van der Waals surface area contributed by atoms with Gasteiger partial charge in [0, 0.05) is 24.0 Å². The second-order valence-electron chi connectivity index (χ2n) is 7.65. The van der Waals surface area contributed by atoms with Crippen LogP contribution in [0.15, 0.2) is 77.7 Å². The van der Waals surface area contributed by atoms with Crippen LogP contribution in [0.4, 0.5) is 10.1 Å². The Balaban J connectivity index is 1.43. The summed E-state index contributed by atoms with van der Waals surface area (Å²) in [5.74, 6) is -0.386. The molecule has 3 aromatic carbocycles. The highest BCUT2D eigenvalue weighted by Crippen LogP contribution is 2.33. The monoisotopic (exact) mass is 488 g/mol. The van der Waals surface area contributed by atoms with Crippen molar-refractivity contribution in [2.24, 2.45) is 5.92 Å². The number of anilines is 1. The molecule has 172 valence electrons. The minimum absolute atomic E-state index is 0.123. The molecule has 1 heterocycles. The standard InChI is InChI=1S/C24H22ClFN2O4S/c25-18-10-11-22(32-19-6-2-1-3-7-19)21(16-18)27-24(29)17-12-14-28(15-13-17)33(30,31)23-9-5-4-8-20(23)26/h1-11,16-17H,12-15H2,(H,27,29). The molecule has 9 heteroatoms. The van der Waals surface area contributed by atoms with E-state index in [4.69, 9.17) is 16.3 Å². The quantitative estimate of drug-likeness (QED) is 0.510. The molecule has 1 amide bonds. The van der Waals surface area contributed by atoms with Crippen molar-refractivity contribution in [3.63, 3.8) is 0 Å². The van der Waals surface area contributed by atoms with Gasteiger partial charge in [-0.1, -0.05) is 41.9 Å². The molecule has 1 N–H and O–H groups in total. The number of nitrogens with zero attached hydrogens (tertiary/aromatic N) is 1. The number of halogens is 2. The van der Waals surface area contributed by atoms with E-state index in [2.05, 4.69) is 5.32 Å². The average molecular weight is 489 g/mol. The largest absolute Gasteiger partial charge is 0.455 e. The maximum atomic E-state index is 14.0. The highest BCUT2D eigenvalue weighted by molar-refractivity contribution is 7.89. The van der Waals surface area contributed by atoms with Crippen molar-refractivity contribution in [3.05, 3.63) is 83.6 Å². The predicted molar refractivity (Wildman–Crippen MR) is 124 cm³/mol. The van der Waals surface area contributed by atoms with Crippen molar-refractivity contribution in [2.75, 3.05) is 18.4 Å². The number of carbonyl (C=O) groups excluding carboxylic acids is 1. The van der Waals surface area contributed by atoms with Crippen molar-refractivity contribution in [3.8, 4) is 11.5 Å². The molecule has 3 aromatic rings. The van der Waals surface area contributed by atoms with Gasteiger partial charge < -0.3 is 10.1 Å². The number of carbonyl (C=O) groups is 1. The van der Waals surface area contributed by atoms with Crippen molar-refractivity contribution in [2.45, 2.75) is 17.7 Å². The van der Waals surface area contributed by atoms with Gasteiger partial charge in [0.1, 0.15) is 16.5 Å². The zero-order valence-electron chi connectivity index (χ0n) is 17.6. The van der Waals surface area contributed by atoms with Crippen molar-refractivity contribution >= 4 is 33.2 Å². The molecule has 1 aliphatic heterocycles. The normalized spacial score (nSPS) is 15.2. The van der Waals surface area contributed by atoms with E-state index in [1.807, 2.05) is 18.2 Å². The number of benzene rings is 3. The Morgan fingerprint density at radius 3 is 2.36 bits per heavy atom. The van der Waals surface area contributed by atoms with Crippen LogP contribution in [0.25, 0.3) is 0 Å². The van der Waals surface area contributed by atoms with Crippen LogP contribution in [0.1, 0.15) is 12.8 Å². The molecule has 6 nitrogen and oxygen atoms in total. The van der Waals surface area contributed by atoms with Crippen molar-refractivity contribution < 1.29 is 22.3 Å². The summed E-state index contributed by atoms with van der Waals surface area (Å²) in [6.45, 7) is 0.245. The van der Waals surface area contributed by atoms with E-state index in [0.717, 1.165) is 6.07 Å². The molecular formula is C24H22ClFN2O4S. The Labute approximate surface area is 197 Å². The van der Waals surface area contributed by atoms with E-state index in [1.54, 1.807) is 30.3 Å². The van der Waals surface area contributed by atoms with E-state index in [-0.39, 0.29) is 23.9 Å². The van der Waals surface area contributed by atoms with Crippen molar-refractivity contribution in [1.82, 2.24) is 4.31 Å². The van der Waals surface area contributed by atoms with Gasteiger partial charge in [-0.25, -0.2) is 12.8 Å². The molecule has 0 saturated carbocycles. The molecule has 0 unspecified atom stereocenters. The Bertz CT molecular complexity index is 1250. The summed E-state index contributed by atoms with van der Waals surface area (Å²) < 4.78 is 46.7. The first-order valence-electron chi connectivity index (χ1n) is 10.4. The van der Waals surface area contributed by atoms with Gasteiger partial charge in [-0.2, -0.15) is 4.31 Å². The zero-order chi connectivity index (χ0) is 23.4. The fourth-order valence-corrected chi connectivity index (χ4v) is 5.40. The first-order valence-corrected chi connectivity index (χ1v) is 12.2. The van der Waals surface area contributed by atoms with Crippen LogP contribution in [0.2, 0.25) is 5.02 Å². The third kappa shape index (κ3) is 5.35. The van der Waals surface area contributed by atoms with E-state index in [1.165, 1.54) is 22.5 Å². The van der Waals surface area contributed by atoms with Crippen LogP contribution in [-0.4, -0.2) is 31.7 Å². The lowest BCUT2D eigenvalue weighted by Gasteiger charge is -2.30. The minimum Gasteiger partial charge on any atom is -0.455 e. The van der Waals surface area contributed by atoms with Gasteiger partial charge in [0.25, 0.3) is 0 Å². The lowest BCUT2D eigenvalue weighted by molar-refractivity contribution is -0.120. The first-order chi connectivity index (χ1) is 15.8. The summed E-state index contributed by atoms with van der Waals surface area (Å²) in [5.41, 5.74) is 0.428. The van der Waals surface area contributed by atoms with E-state index in [0.29, 0.717) is 35.1 Å². The molecule has 0 aliphatic carbocycles. The summed E-state index contributed by atoms with van der Waals surface area (Å²) >= 11 is 6.12. The maximum absolute atomic E-state index is 14.0. The second kappa shape index (κ2) is 9.91. The Morgan fingerprint density at radius 1 is 1.00 bits per heavy atom. The SMILES string of the molecule is O=C(Nc1cc(Cl)ccc1Oc1ccccc1)C1CCN(S(=O)(=O)c2ccccc2F)CC1. The maximum Gasteiger partial charge on any atom is 0.245 e. The van der Waals surface area contributed by atoms with Gasteiger partial charge in [0.15, 0.2) is 5.75 Å². The molecule has 1 saturated heterocycles. The van der Waals surface area contributed by atoms with Gasteiger partial charge in [0.2, 0.25) is 15.9 Å². The molecule has 0 spiro atoms. The third-order valence-corrected chi connectivity index (χ3v) is 7.62. The van der Waals surface area contributed by atoms with E-state index >= 15 is 0 Å². The van der Waals surface area contributed by atoms with Gasteiger partial charge in [-0.05, 0) is 55.3 Å². The van der Waals surface area contributed by atoms with Gasteiger partial charge >= 0.3 is 0 Å². The average Bonchev–Trinajstić information content (AvgIpc) is 2.82. The number of amides is 1. The van der Waals surface area contributed by atoms with Gasteiger partial charge in [-0.15, -0.1) is 0 Å². The molecule has 1 fully saturated rings. The topological polar surface area (TPSA) is 75.7 Å². The molecule has 0 radical (unpaired) electrons. The summed E-state index contributed by atoms with van der Waals surface area (Å²) in [7, 11) is -3.96. The molecule has 4 rings (SSSR count). The number of hydrogen-bond donors (Lipinski definition) is 1. The van der Waals surface area contributed by atoms with Crippen LogP contribution in [0, 0.1) is 11.7 Å². The van der Waals surface area contributed by atoms with Gasteiger partial charge in [-0.3, -0.25) is 4.79 Å². The summed E-state index contributed by atoms with van der Waals surface area (Å²) in [6.07, 6.45) is 0.629. The smallest absolute Gasteiger partial charge is 0.245 e. The Hall–Kier alpha value is -2.94. The highest BCUT2D eigenvalue weighted by atomic mass is 35.5. The molecular weight excluding hydrogens is 467 g/mol. The molecule has 0 atom stereocenters. The summed E-state index contributed by atoms with van der Waals surface area (Å²) in [5, 5.41) is 3.30. The number of rotatable bonds is 6. The van der Waals surface area contributed by atoms with Crippen molar-refractivity contribution in [1.29, 1.82) is 0 Å². The Kier molecular flexibility index (Phi) is 6.97. The van der Waals surface area contributed by atoms with Crippen LogP contribution in [0.3, 0.4) is 0 Å². The van der Waals surface area contributed by atoms with Crippen LogP contribution in [-0.2, 0) is 14.8 Å². The number of sulfonamides is 1. The third-order valence-electron chi connectivity index (χ3n) is 5.45. The summed E-state index contributed by atoms with van der Waals surface area (Å²) in [6, 6.07) is 19.4. The van der Waals surface area contributed by atoms with Crippen LogP contribution < -0.4 is 10.1 Å². The predicted octanol–water partition coefficient (Wildman–Crippen LogP) is 5.31. The fraction of sp³-hybridized carbons (Fsp3) is 0.208. The molecule has 0 bridgehead atoms. The number of piperidine rings is 1. The lowest BCUT2D eigenvalue weighted by atomic mass is 9.97. The lowest BCUT2D eigenvalue weighted by Crippen LogP contribution is -2.41. The number of nitrogens with one attached hydrogen (secondary N) is 1. The number of hydrogen-bond acceptors (Lipinski definition) is 4. The Morgan fingerprint density at radius 2 is 1.67 bits per heavy atom. The summed E-state index contributed by atoms with van der Waals surface area (Å²) in [4.78, 5) is 12.6. The van der Waals surface area contributed by atoms with E-state index < -0.39 is 21.8 Å². The zero-order valence-corrected chi connectivity index (χ0v) is 19.2. The molecule has 1 aliphatic rings. The minimum atomic E-state index is -3.96. The van der Waals surface area contributed by atoms with Crippen LogP contribution in [0.5, 0.6) is 11.5 Å². The second-order valence-corrected chi connectivity index (χ2v) is 10.00. The highest BCUT2D eigenvalue weighted by Gasteiger charge is 2.33. The number of para-hydroxylation sites is 1. The molecule has 0 aromatic heterocycles. The van der Waals surface area contributed by atoms with Crippen LogP contribution >= 0.6 is 11.6 Å².